The first-order chi connectivity index (χ1) is 17.3. The minimum Gasteiger partial charge on any atom is -0.324 e. The van der Waals surface area contributed by atoms with Crippen LogP contribution in [0.2, 0.25) is 0 Å². The largest absolute Gasteiger partial charge is 0.324 e. The van der Waals surface area contributed by atoms with Gasteiger partial charge in [-0.25, -0.2) is 0 Å². The topological polar surface area (TPSA) is 92.5 Å². The van der Waals surface area contributed by atoms with Crippen molar-refractivity contribution in [3.8, 4) is 0 Å². The van der Waals surface area contributed by atoms with E-state index in [2.05, 4.69) is 10.2 Å². The van der Waals surface area contributed by atoms with Crippen molar-refractivity contribution in [2.75, 3.05) is 16.9 Å². The van der Waals surface area contributed by atoms with Gasteiger partial charge >= 0.3 is 0 Å². The Morgan fingerprint density at radius 3 is 2.44 bits per heavy atom. The molecular weight excluding hydrogens is 474 g/mol. The number of Topliss-reactive ketones (excluding diaryl/α,β-unsaturated/α-hetero) is 1. The number of fused-ring (bicyclic) bond motifs is 4. The smallest absolute Gasteiger partial charge is 0.269 e. The van der Waals surface area contributed by atoms with Crippen LogP contribution >= 0.6 is 11.8 Å². The van der Waals surface area contributed by atoms with Gasteiger partial charge in [0, 0.05) is 52.5 Å². The van der Waals surface area contributed by atoms with Crippen LogP contribution in [0.15, 0.2) is 66.7 Å². The minimum absolute atomic E-state index is 0.00473. The number of nitrogens with one attached hydrogen (secondary N) is 1. The highest BCUT2D eigenvalue weighted by Gasteiger charge is 2.69. The van der Waals surface area contributed by atoms with Crippen molar-refractivity contribution in [2.45, 2.75) is 31.3 Å². The van der Waals surface area contributed by atoms with Gasteiger partial charge in [0.2, 0.25) is 5.91 Å². The van der Waals surface area contributed by atoms with Gasteiger partial charge in [-0.2, -0.15) is 0 Å². The van der Waals surface area contributed by atoms with E-state index < -0.39 is 16.4 Å². The monoisotopic (exact) mass is 499 g/mol. The lowest BCUT2D eigenvalue weighted by molar-refractivity contribution is -0.384. The molecule has 6 rings (SSSR count). The van der Waals surface area contributed by atoms with Gasteiger partial charge in [0.25, 0.3) is 5.69 Å². The molecule has 1 amide bonds. The number of thioether (sulfide) groups is 1. The molecule has 7 nitrogen and oxygen atoms in total. The number of non-ortho nitro benzene ring substituents is 1. The van der Waals surface area contributed by atoms with Gasteiger partial charge in [-0.1, -0.05) is 59.7 Å². The minimum atomic E-state index is -1.15. The maximum Gasteiger partial charge on any atom is 0.269 e. The molecule has 3 aliphatic heterocycles. The number of carbonyl (C=O) groups is 2. The van der Waals surface area contributed by atoms with Crippen molar-refractivity contribution in [1.29, 1.82) is 0 Å². The van der Waals surface area contributed by atoms with E-state index in [-0.39, 0.29) is 29.3 Å². The molecule has 3 aromatic rings. The number of benzene rings is 3. The van der Waals surface area contributed by atoms with E-state index in [1.807, 2.05) is 56.3 Å². The summed E-state index contributed by atoms with van der Waals surface area (Å²) in [5.41, 5.74) is 3.93. The third-order valence-corrected chi connectivity index (χ3v) is 8.92. The molecular formula is C28H25N3O4S. The van der Waals surface area contributed by atoms with Crippen LogP contribution in [0.3, 0.4) is 0 Å². The summed E-state index contributed by atoms with van der Waals surface area (Å²) < 4.78 is 0. The van der Waals surface area contributed by atoms with E-state index in [1.165, 1.54) is 12.1 Å². The Balaban J connectivity index is 1.59. The molecule has 0 aliphatic carbocycles. The molecule has 0 unspecified atom stereocenters. The number of nitro groups is 1. The molecule has 8 heteroatoms. The summed E-state index contributed by atoms with van der Waals surface area (Å²) in [4.78, 5) is 41.5. The van der Waals surface area contributed by atoms with E-state index in [4.69, 9.17) is 0 Å². The van der Waals surface area contributed by atoms with Crippen molar-refractivity contribution in [3.63, 3.8) is 0 Å². The third kappa shape index (κ3) is 3.17. The third-order valence-electron chi connectivity index (χ3n) is 7.88. The lowest BCUT2D eigenvalue weighted by Crippen LogP contribution is -2.52. The number of hydrogen-bond donors (Lipinski definition) is 1. The molecule has 2 saturated heterocycles. The van der Waals surface area contributed by atoms with Crippen LogP contribution in [-0.4, -0.2) is 39.2 Å². The fourth-order valence-electron chi connectivity index (χ4n) is 6.28. The fraction of sp³-hybridized carbons (Fsp3) is 0.286. The molecule has 182 valence electrons. The molecule has 0 saturated carbocycles. The van der Waals surface area contributed by atoms with E-state index in [1.54, 1.807) is 23.9 Å². The van der Waals surface area contributed by atoms with Crippen LogP contribution in [0.25, 0.3) is 0 Å². The van der Waals surface area contributed by atoms with Gasteiger partial charge in [-0.3, -0.25) is 24.6 Å². The van der Waals surface area contributed by atoms with Crippen LogP contribution in [-0.2, 0) is 10.3 Å². The highest BCUT2D eigenvalue weighted by molar-refractivity contribution is 7.99. The predicted molar refractivity (Wildman–Crippen MR) is 139 cm³/mol. The van der Waals surface area contributed by atoms with E-state index in [9.17, 15) is 19.7 Å². The van der Waals surface area contributed by atoms with Gasteiger partial charge in [-0.05, 0) is 25.5 Å². The number of rotatable bonds is 4. The molecule has 1 N–H and O–H groups in total. The molecule has 2 fully saturated rings. The number of carbonyl (C=O) groups excluding carboxylic acids is 2. The van der Waals surface area contributed by atoms with Crippen molar-refractivity contribution < 1.29 is 14.5 Å². The Kier molecular flexibility index (Phi) is 5.28. The molecule has 4 atom stereocenters. The Morgan fingerprint density at radius 2 is 1.75 bits per heavy atom. The number of anilines is 1. The first-order valence-corrected chi connectivity index (χ1v) is 13.1. The lowest BCUT2D eigenvalue weighted by atomic mass is 9.69. The second-order valence-corrected chi connectivity index (χ2v) is 10.9. The van der Waals surface area contributed by atoms with Crippen LogP contribution in [0.4, 0.5) is 11.4 Å². The maximum atomic E-state index is 14.4. The number of aryl methyl sites for hydroxylation is 2. The van der Waals surface area contributed by atoms with Crippen molar-refractivity contribution >= 4 is 34.8 Å². The average Bonchev–Trinajstić information content (AvgIpc) is 3.52. The van der Waals surface area contributed by atoms with E-state index in [0.717, 1.165) is 33.7 Å². The first-order valence-electron chi connectivity index (χ1n) is 11.9. The van der Waals surface area contributed by atoms with Crippen LogP contribution in [0, 0.1) is 29.9 Å². The zero-order chi connectivity index (χ0) is 25.2. The first kappa shape index (κ1) is 22.9. The summed E-state index contributed by atoms with van der Waals surface area (Å²) in [6.07, 6.45) is 0. The van der Waals surface area contributed by atoms with Crippen LogP contribution in [0.5, 0.6) is 0 Å². The standard InChI is InChI=1S/C28H25N3O4S/c1-16-3-6-19(7-4-16)26(32)25-24(18-8-10-20(11-9-18)31(34)35)23-14-36-15-30(23)28(25)21-13-17(2)5-12-22(21)29-27(28)33/h3-13,23-25H,14-15H2,1-2H3,(H,29,33)/t23-,24+,25+,28+/m0/s1. The molecule has 3 aromatic carbocycles. The van der Waals surface area contributed by atoms with Crippen molar-refractivity contribution in [1.82, 2.24) is 4.90 Å². The SMILES string of the molecule is Cc1ccc(C(=O)[C@H]2[C@H](c3ccc([N+](=O)[O-])cc3)[C@@H]3CSCN3[C@@]23C(=O)Nc2ccc(C)cc23)cc1. The zero-order valence-corrected chi connectivity index (χ0v) is 20.7. The van der Waals surface area contributed by atoms with Gasteiger partial charge in [0.05, 0.1) is 10.8 Å². The molecule has 36 heavy (non-hydrogen) atoms. The molecule has 3 aliphatic rings. The van der Waals surface area contributed by atoms with Gasteiger partial charge in [0.1, 0.15) is 5.54 Å². The van der Waals surface area contributed by atoms with Crippen molar-refractivity contribution in [3.05, 3.63) is 105 Å². The summed E-state index contributed by atoms with van der Waals surface area (Å²) in [7, 11) is 0. The number of hydrogen-bond acceptors (Lipinski definition) is 6. The van der Waals surface area contributed by atoms with Crippen LogP contribution in [0.1, 0.15) is 38.5 Å². The Morgan fingerprint density at radius 1 is 1.06 bits per heavy atom. The van der Waals surface area contributed by atoms with Gasteiger partial charge in [0.15, 0.2) is 5.78 Å². The van der Waals surface area contributed by atoms with Crippen LogP contribution < -0.4 is 5.32 Å². The fourth-order valence-corrected chi connectivity index (χ4v) is 7.60. The van der Waals surface area contributed by atoms with E-state index >= 15 is 0 Å². The molecule has 1 spiro atoms. The number of nitrogens with zero attached hydrogens (tertiary/aromatic N) is 2. The second-order valence-electron chi connectivity index (χ2n) is 9.89. The molecule has 0 aromatic heterocycles. The summed E-state index contributed by atoms with van der Waals surface area (Å²) in [5.74, 6) is 0.164. The summed E-state index contributed by atoms with van der Waals surface area (Å²) in [5, 5.41) is 14.4. The Labute approximate surface area is 213 Å². The highest BCUT2D eigenvalue weighted by Crippen LogP contribution is 2.61. The average molecular weight is 500 g/mol. The van der Waals surface area contributed by atoms with E-state index in [0.29, 0.717) is 11.4 Å². The highest BCUT2D eigenvalue weighted by atomic mass is 32.2. The predicted octanol–water partition coefficient (Wildman–Crippen LogP) is 5.03. The number of amides is 1. The second kappa shape index (κ2) is 8.28. The zero-order valence-electron chi connectivity index (χ0n) is 19.9. The van der Waals surface area contributed by atoms with Crippen molar-refractivity contribution in [2.24, 2.45) is 5.92 Å². The number of nitro benzene ring substituents is 1. The molecule has 3 heterocycles. The maximum absolute atomic E-state index is 14.4. The normalized spacial score (nSPS) is 26.6. The van der Waals surface area contributed by atoms with Gasteiger partial charge in [-0.15, -0.1) is 11.8 Å². The number of ketones is 1. The molecule has 0 bridgehead atoms. The quantitative estimate of drug-likeness (QED) is 0.308. The summed E-state index contributed by atoms with van der Waals surface area (Å²) in [6.45, 7) is 3.97. The Hall–Kier alpha value is -3.49. The Bertz CT molecular complexity index is 1410. The molecule has 0 radical (unpaired) electrons. The van der Waals surface area contributed by atoms with Gasteiger partial charge < -0.3 is 5.32 Å². The summed E-state index contributed by atoms with van der Waals surface area (Å²) >= 11 is 1.75. The lowest BCUT2D eigenvalue weighted by Gasteiger charge is -2.36. The summed E-state index contributed by atoms with van der Waals surface area (Å²) in [6, 6.07) is 19.8.